The average Bonchev–Trinajstić information content (AvgIpc) is 3.36. The molecule has 0 saturated heterocycles. The maximum Gasteiger partial charge on any atom is 0.243 e. The van der Waals surface area contributed by atoms with Crippen LogP contribution >= 0.6 is 0 Å². The topological polar surface area (TPSA) is 50.2 Å². The molecule has 1 atom stereocenters. The van der Waals surface area contributed by atoms with Crippen molar-refractivity contribution in [2.75, 3.05) is 18.0 Å². The van der Waals surface area contributed by atoms with Gasteiger partial charge < -0.3 is 10.2 Å². The minimum atomic E-state index is -0.124. The van der Waals surface area contributed by atoms with Gasteiger partial charge in [-0.25, -0.2) is 4.68 Å². The molecule has 2 aliphatic rings. The number of anilines is 2. The molecule has 1 fully saturated rings. The van der Waals surface area contributed by atoms with E-state index in [4.69, 9.17) is 0 Å². The number of amides is 1. The third kappa shape index (κ3) is 2.94. The van der Waals surface area contributed by atoms with Crippen LogP contribution in [0.5, 0.6) is 0 Å². The monoisotopic (exact) mass is 322 g/mol. The summed E-state index contributed by atoms with van der Waals surface area (Å²) >= 11 is 0. The number of benzene rings is 1. The number of hydrogen-bond donors (Lipinski definition) is 1. The lowest BCUT2D eigenvalue weighted by molar-refractivity contribution is -0.116. The van der Waals surface area contributed by atoms with Crippen molar-refractivity contribution in [3.8, 4) is 0 Å². The normalized spacial score (nSPS) is 19.7. The van der Waals surface area contributed by atoms with Crippen LogP contribution in [0.2, 0.25) is 0 Å². The summed E-state index contributed by atoms with van der Waals surface area (Å²) in [5, 5.41) is 7.33. The largest absolute Gasteiger partial charge is 0.352 e. The van der Waals surface area contributed by atoms with Gasteiger partial charge in [0.1, 0.15) is 5.82 Å². The first-order chi connectivity index (χ1) is 11.7. The Morgan fingerprint density at radius 2 is 2.04 bits per heavy atom. The van der Waals surface area contributed by atoms with E-state index in [9.17, 15) is 4.79 Å². The Labute approximate surface area is 142 Å². The summed E-state index contributed by atoms with van der Waals surface area (Å²) in [7, 11) is 0. The van der Waals surface area contributed by atoms with E-state index in [-0.39, 0.29) is 5.91 Å². The second-order valence-corrected chi connectivity index (χ2v) is 6.66. The zero-order valence-electron chi connectivity index (χ0n) is 13.7. The van der Waals surface area contributed by atoms with Gasteiger partial charge in [-0.1, -0.05) is 18.7 Å². The molecule has 5 nitrogen and oxygen atoms in total. The summed E-state index contributed by atoms with van der Waals surface area (Å²) in [4.78, 5) is 13.7. The molecule has 1 N–H and O–H groups in total. The second-order valence-electron chi connectivity index (χ2n) is 6.66. The first kappa shape index (κ1) is 15.0. The molecule has 124 valence electrons. The van der Waals surface area contributed by atoms with Crippen LogP contribution in [0.1, 0.15) is 24.3 Å². The van der Waals surface area contributed by atoms with E-state index >= 15 is 0 Å². The van der Waals surface area contributed by atoms with E-state index in [2.05, 4.69) is 46.2 Å². The van der Waals surface area contributed by atoms with Gasteiger partial charge in [-0.15, -0.1) is 0 Å². The van der Waals surface area contributed by atoms with Gasteiger partial charge in [0, 0.05) is 37.3 Å². The fourth-order valence-corrected chi connectivity index (χ4v) is 3.38. The molecule has 1 saturated carbocycles. The molecular formula is C19H22N4O. The molecule has 0 spiro atoms. The Morgan fingerprint density at radius 3 is 2.75 bits per heavy atom. The summed E-state index contributed by atoms with van der Waals surface area (Å²) in [6.45, 7) is 5.81. The van der Waals surface area contributed by atoms with Gasteiger partial charge in [0.25, 0.3) is 0 Å². The maximum atomic E-state index is 11.4. The van der Waals surface area contributed by atoms with Crippen molar-refractivity contribution in [2.45, 2.75) is 25.3 Å². The molecule has 2 aromatic rings. The zero-order valence-corrected chi connectivity index (χ0v) is 13.7. The summed E-state index contributed by atoms with van der Waals surface area (Å²) < 4.78 is 2.02. The van der Waals surface area contributed by atoms with Crippen LogP contribution < -0.4 is 10.2 Å². The number of aromatic nitrogens is 2. The Kier molecular flexibility index (Phi) is 3.84. The zero-order chi connectivity index (χ0) is 16.5. The molecule has 5 heteroatoms. The molecule has 1 amide bonds. The Hall–Kier alpha value is -2.56. The number of carbonyl (C=O) groups excluding carboxylic acids is 1. The highest BCUT2D eigenvalue weighted by atomic mass is 16.1. The fourth-order valence-electron chi connectivity index (χ4n) is 3.38. The highest BCUT2D eigenvalue weighted by Crippen LogP contribution is 2.41. The molecular weight excluding hydrogens is 300 g/mol. The van der Waals surface area contributed by atoms with Crippen molar-refractivity contribution in [3.05, 3.63) is 54.7 Å². The second kappa shape index (κ2) is 6.15. The first-order valence-corrected chi connectivity index (χ1v) is 8.54. The molecule has 1 aliphatic carbocycles. The quantitative estimate of drug-likeness (QED) is 0.861. The van der Waals surface area contributed by atoms with Crippen molar-refractivity contribution < 1.29 is 4.79 Å². The van der Waals surface area contributed by atoms with Crippen LogP contribution in [0.25, 0.3) is 0 Å². The van der Waals surface area contributed by atoms with Gasteiger partial charge in [0.2, 0.25) is 5.91 Å². The number of hydrogen-bond acceptors (Lipinski definition) is 3. The molecule has 1 unspecified atom stereocenters. The SMILES string of the molecule is C=CC(=O)NCC1CN(c2ccc(C3CC3)cc2)c2ccnn2C1. The summed E-state index contributed by atoms with van der Waals surface area (Å²) in [6.07, 6.45) is 5.80. The molecule has 1 aromatic carbocycles. The molecule has 1 aromatic heterocycles. The van der Waals surface area contributed by atoms with E-state index in [1.165, 1.54) is 30.2 Å². The summed E-state index contributed by atoms with van der Waals surface area (Å²) in [5.41, 5.74) is 2.62. The van der Waals surface area contributed by atoms with Gasteiger partial charge in [-0.05, 0) is 42.5 Å². The van der Waals surface area contributed by atoms with Crippen LogP contribution in [0.3, 0.4) is 0 Å². The lowest BCUT2D eigenvalue weighted by Crippen LogP contribution is -2.41. The van der Waals surface area contributed by atoms with Crippen molar-refractivity contribution in [1.29, 1.82) is 0 Å². The maximum absolute atomic E-state index is 11.4. The van der Waals surface area contributed by atoms with Gasteiger partial charge >= 0.3 is 0 Å². The van der Waals surface area contributed by atoms with Crippen molar-refractivity contribution in [3.63, 3.8) is 0 Å². The minimum absolute atomic E-state index is 0.124. The molecule has 24 heavy (non-hydrogen) atoms. The highest BCUT2D eigenvalue weighted by molar-refractivity contribution is 5.86. The van der Waals surface area contributed by atoms with Gasteiger partial charge in [-0.2, -0.15) is 5.10 Å². The van der Waals surface area contributed by atoms with Crippen LogP contribution in [0.15, 0.2) is 49.2 Å². The fraction of sp³-hybridized carbons (Fsp3) is 0.368. The molecule has 1 aliphatic heterocycles. The van der Waals surface area contributed by atoms with Crippen LogP contribution in [0, 0.1) is 5.92 Å². The van der Waals surface area contributed by atoms with Crippen LogP contribution in [-0.4, -0.2) is 28.8 Å². The average molecular weight is 322 g/mol. The van der Waals surface area contributed by atoms with Gasteiger partial charge in [0.05, 0.1) is 6.20 Å². The van der Waals surface area contributed by atoms with Crippen molar-refractivity contribution in [1.82, 2.24) is 15.1 Å². The third-order valence-corrected chi connectivity index (χ3v) is 4.85. The van der Waals surface area contributed by atoms with E-state index in [1.807, 2.05) is 16.9 Å². The summed E-state index contributed by atoms with van der Waals surface area (Å²) in [5.74, 6) is 2.07. The number of carbonyl (C=O) groups is 1. The van der Waals surface area contributed by atoms with Crippen LogP contribution in [-0.2, 0) is 11.3 Å². The highest BCUT2D eigenvalue weighted by Gasteiger charge is 2.27. The smallest absolute Gasteiger partial charge is 0.243 e. The molecule has 2 heterocycles. The number of rotatable bonds is 5. The lowest BCUT2D eigenvalue weighted by atomic mass is 10.1. The Morgan fingerprint density at radius 1 is 1.25 bits per heavy atom. The third-order valence-electron chi connectivity index (χ3n) is 4.85. The number of nitrogens with one attached hydrogen (secondary N) is 1. The van der Waals surface area contributed by atoms with Crippen LogP contribution in [0.4, 0.5) is 11.5 Å². The minimum Gasteiger partial charge on any atom is -0.352 e. The standard InChI is InChI=1S/C19H22N4O/c1-2-18(24)20-11-14-12-22(19-9-10-21-23(19)13-14)17-7-5-16(6-8-17)15-3-4-15/h2,5-10,14-15H,1,3-4,11-13H2,(H,20,24). The first-order valence-electron chi connectivity index (χ1n) is 8.54. The van der Waals surface area contributed by atoms with Gasteiger partial charge in [0.15, 0.2) is 0 Å². The van der Waals surface area contributed by atoms with Crippen molar-refractivity contribution in [2.24, 2.45) is 5.92 Å². The lowest BCUT2D eigenvalue weighted by Gasteiger charge is -2.35. The van der Waals surface area contributed by atoms with E-state index < -0.39 is 0 Å². The van der Waals surface area contributed by atoms with Gasteiger partial charge in [-0.3, -0.25) is 4.79 Å². The van der Waals surface area contributed by atoms with E-state index in [0.717, 1.165) is 24.8 Å². The molecule has 0 radical (unpaired) electrons. The Bertz CT molecular complexity index is 745. The summed E-state index contributed by atoms with van der Waals surface area (Å²) in [6, 6.07) is 11.0. The molecule has 0 bridgehead atoms. The Balaban J connectivity index is 1.54. The van der Waals surface area contributed by atoms with Crippen molar-refractivity contribution >= 4 is 17.4 Å². The van der Waals surface area contributed by atoms with E-state index in [1.54, 1.807) is 0 Å². The predicted octanol–water partition coefficient (Wildman–Crippen LogP) is 2.83. The number of fused-ring (bicyclic) bond motifs is 1. The van der Waals surface area contributed by atoms with E-state index in [0.29, 0.717) is 12.5 Å². The number of nitrogens with zero attached hydrogens (tertiary/aromatic N) is 3. The predicted molar refractivity (Wildman–Crippen MR) is 94.3 cm³/mol. The molecule has 4 rings (SSSR count).